The van der Waals surface area contributed by atoms with Gasteiger partial charge in [0.1, 0.15) is 10.8 Å². The van der Waals surface area contributed by atoms with Crippen LogP contribution in [0.15, 0.2) is 18.2 Å². The van der Waals surface area contributed by atoms with Crippen LogP contribution >= 0.6 is 11.3 Å². The molecular weight excluding hydrogens is 258 g/mol. The van der Waals surface area contributed by atoms with Crippen molar-refractivity contribution in [2.75, 3.05) is 7.11 Å². The van der Waals surface area contributed by atoms with E-state index >= 15 is 0 Å². The van der Waals surface area contributed by atoms with Gasteiger partial charge >= 0.3 is 0 Å². The second-order valence-electron chi connectivity index (χ2n) is 4.55. The molecule has 1 aromatic carbocycles. The maximum absolute atomic E-state index is 12.4. The molecule has 19 heavy (non-hydrogen) atoms. The van der Waals surface area contributed by atoms with Crippen molar-refractivity contribution in [3.8, 4) is 5.75 Å². The lowest BCUT2D eigenvalue weighted by Crippen LogP contribution is -2.06. The molecule has 0 bridgehead atoms. The minimum absolute atomic E-state index is 0.0503. The van der Waals surface area contributed by atoms with Gasteiger partial charge in [0.05, 0.1) is 24.8 Å². The fourth-order valence-electron chi connectivity index (χ4n) is 1.89. The lowest BCUT2D eigenvalue weighted by atomic mass is 10.0. The van der Waals surface area contributed by atoms with Crippen molar-refractivity contribution in [3.05, 3.63) is 44.9 Å². The Hall–Kier alpha value is -1.68. The molecule has 0 atom stereocenters. The Morgan fingerprint density at radius 1 is 1.32 bits per heavy atom. The van der Waals surface area contributed by atoms with Gasteiger partial charge in [-0.2, -0.15) is 0 Å². The van der Waals surface area contributed by atoms with Crippen LogP contribution in [0.3, 0.4) is 0 Å². The quantitative estimate of drug-likeness (QED) is 0.802. The highest BCUT2D eigenvalue weighted by Crippen LogP contribution is 2.23. The molecular formula is C15H17NO2S. The summed E-state index contributed by atoms with van der Waals surface area (Å²) in [6.07, 6.45) is 0.332. The first kappa shape index (κ1) is 13.7. The molecule has 0 fully saturated rings. The number of nitrogens with zero attached hydrogens (tertiary/aromatic N) is 1. The number of rotatable bonds is 4. The van der Waals surface area contributed by atoms with E-state index in [0.29, 0.717) is 17.7 Å². The lowest BCUT2D eigenvalue weighted by molar-refractivity contribution is 0.0990. The highest BCUT2D eigenvalue weighted by molar-refractivity contribution is 7.11. The van der Waals surface area contributed by atoms with E-state index in [1.807, 2.05) is 39.0 Å². The van der Waals surface area contributed by atoms with Gasteiger partial charge in [-0.05, 0) is 32.9 Å². The molecule has 0 amide bonds. The average Bonchev–Trinajstić information content (AvgIpc) is 2.68. The summed E-state index contributed by atoms with van der Waals surface area (Å²) in [7, 11) is 1.58. The lowest BCUT2D eigenvalue weighted by Gasteiger charge is -2.07. The van der Waals surface area contributed by atoms with Gasteiger partial charge in [-0.1, -0.05) is 11.6 Å². The zero-order valence-electron chi connectivity index (χ0n) is 11.6. The summed E-state index contributed by atoms with van der Waals surface area (Å²) in [5, 5.41) is 0.864. The fourth-order valence-corrected chi connectivity index (χ4v) is 2.82. The van der Waals surface area contributed by atoms with E-state index in [9.17, 15) is 4.79 Å². The molecule has 0 aliphatic heterocycles. The Bertz CT molecular complexity index is 597. The SMILES string of the molecule is COc1ccc(C)cc1C(=O)Cc1nc(C)c(C)s1. The Kier molecular flexibility index (Phi) is 4.00. The predicted molar refractivity (Wildman–Crippen MR) is 77.4 cm³/mol. The zero-order chi connectivity index (χ0) is 14.0. The summed E-state index contributed by atoms with van der Waals surface area (Å²) in [6, 6.07) is 5.64. The van der Waals surface area contributed by atoms with Crippen LogP contribution in [0.2, 0.25) is 0 Å². The van der Waals surface area contributed by atoms with Crippen molar-refractivity contribution in [3.63, 3.8) is 0 Å². The van der Waals surface area contributed by atoms with E-state index in [2.05, 4.69) is 4.98 Å². The smallest absolute Gasteiger partial charge is 0.173 e. The normalized spacial score (nSPS) is 10.5. The maximum atomic E-state index is 12.4. The number of thiazole rings is 1. The van der Waals surface area contributed by atoms with Crippen molar-refractivity contribution in [2.45, 2.75) is 27.2 Å². The number of methoxy groups -OCH3 is 1. The minimum Gasteiger partial charge on any atom is -0.496 e. The molecule has 1 aromatic heterocycles. The zero-order valence-corrected chi connectivity index (χ0v) is 12.4. The molecule has 2 rings (SSSR count). The number of carbonyl (C=O) groups excluding carboxylic acids is 1. The molecule has 4 heteroatoms. The molecule has 1 heterocycles. The van der Waals surface area contributed by atoms with Crippen LogP contribution in [0.4, 0.5) is 0 Å². The number of aromatic nitrogens is 1. The van der Waals surface area contributed by atoms with E-state index in [1.54, 1.807) is 18.4 Å². The van der Waals surface area contributed by atoms with Gasteiger partial charge in [-0.3, -0.25) is 4.79 Å². The van der Waals surface area contributed by atoms with Crippen LogP contribution in [0.5, 0.6) is 5.75 Å². The first-order chi connectivity index (χ1) is 9.01. The third kappa shape index (κ3) is 3.01. The van der Waals surface area contributed by atoms with Crippen LogP contribution in [0.25, 0.3) is 0 Å². The highest BCUT2D eigenvalue weighted by Gasteiger charge is 2.15. The second-order valence-corrected chi connectivity index (χ2v) is 5.84. The van der Waals surface area contributed by atoms with Crippen LogP contribution in [-0.4, -0.2) is 17.9 Å². The predicted octanol–water partition coefficient (Wildman–Crippen LogP) is 3.50. The Labute approximate surface area is 117 Å². The molecule has 0 unspecified atom stereocenters. The van der Waals surface area contributed by atoms with E-state index in [1.165, 1.54) is 4.88 Å². The third-order valence-corrected chi connectivity index (χ3v) is 4.11. The maximum Gasteiger partial charge on any atom is 0.173 e. The molecule has 0 spiro atoms. The standard InChI is InChI=1S/C15H17NO2S/c1-9-5-6-14(18-4)12(7-9)13(17)8-15-16-10(2)11(3)19-15/h5-7H,8H2,1-4H3. The van der Waals surface area contributed by atoms with Crippen molar-refractivity contribution >= 4 is 17.1 Å². The molecule has 2 aromatic rings. The monoisotopic (exact) mass is 275 g/mol. The summed E-state index contributed by atoms with van der Waals surface area (Å²) in [6.45, 7) is 5.95. The molecule has 0 aliphatic carbocycles. The first-order valence-electron chi connectivity index (χ1n) is 6.12. The summed E-state index contributed by atoms with van der Waals surface area (Å²) in [5.74, 6) is 0.676. The number of ketones is 1. The summed E-state index contributed by atoms with van der Waals surface area (Å²) < 4.78 is 5.25. The molecule has 0 aliphatic rings. The summed E-state index contributed by atoms with van der Waals surface area (Å²) >= 11 is 1.58. The number of carbonyl (C=O) groups is 1. The molecule has 3 nitrogen and oxygen atoms in total. The van der Waals surface area contributed by atoms with Gasteiger partial charge < -0.3 is 4.74 Å². The Balaban J connectivity index is 2.27. The van der Waals surface area contributed by atoms with E-state index < -0.39 is 0 Å². The van der Waals surface area contributed by atoms with Gasteiger partial charge in [-0.15, -0.1) is 11.3 Å². The Morgan fingerprint density at radius 2 is 2.05 bits per heavy atom. The van der Waals surface area contributed by atoms with Crippen LogP contribution < -0.4 is 4.74 Å². The number of benzene rings is 1. The average molecular weight is 275 g/mol. The summed E-state index contributed by atoms with van der Waals surface area (Å²) in [5.41, 5.74) is 2.69. The van der Waals surface area contributed by atoms with Crippen LogP contribution in [0, 0.1) is 20.8 Å². The van der Waals surface area contributed by atoms with E-state index in [0.717, 1.165) is 16.3 Å². The fraction of sp³-hybridized carbons (Fsp3) is 0.333. The molecule has 0 saturated carbocycles. The number of Topliss-reactive ketones (excluding diaryl/α,β-unsaturated/α-hetero) is 1. The van der Waals surface area contributed by atoms with Gasteiger partial charge in [0, 0.05) is 4.88 Å². The van der Waals surface area contributed by atoms with Gasteiger partial charge in [-0.25, -0.2) is 4.98 Å². The summed E-state index contributed by atoms with van der Waals surface area (Å²) in [4.78, 5) is 17.9. The van der Waals surface area contributed by atoms with E-state index in [4.69, 9.17) is 4.74 Å². The highest BCUT2D eigenvalue weighted by atomic mass is 32.1. The van der Waals surface area contributed by atoms with E-state index in [-0.39, 0.29) is 5.78 Å². The number of hydrogen-bond donors (Lipinski definition) is 0. The van der Waals surface area contributed by atoms with Crippen molar-refractivity contribution in [2.24, 2.45) is 0 Å². The van der Waals surface area contributed by atoms with Crippen LogP contribution in [-0.2, 0) is 6.42 Å². The minimum atomic E-state index is 0.0503. The van der Waals surface area contributed by atoms with Gasteiger partial charge in [0.25, 0.3) is 0 Å². The van der Waals surface area contributed by atoms with Crippen molar-refractivity contribution < 1.29 is 9.53 Å². The van der Waals surface area contributed by atoms with Crippen molar-refractivity contribution in [1.29, 1.82) is 0 Å². The van der Waals surface area contributed by atoms with Gasteiger partial charge in [0.15, 0.2) is 5.78 Å². The first-order valence-corrected chi connectivity index (χ1v) is 6.93. The number of hydrogen-bond acceptors (Lipinski definition) is 4. The molecule has 0 N–H and O–H groups in total. The molecule has 0 radical (unpaired) electrons. The largest absolute Gasteiger partial charge is 0.496 e. The van der Waals surface area contributed by atoms with Crippen molar-refractivity contribution in [1.82, 2.24) is 4.98 Å². The molecule has 0 saturated heterocycles. The Morgan fingerprint density at radius 3 is 2.63 bits per heavy atom. The second kappa shape index (κ2) is 5.53. The number of ether oxygens (including phenoxy) is 1. The topological polar surface area (TPSA) is 39.2 Å². The number of aryl methyl sites for hydroxylation is 3. The molecule has 100 valence electrons. The third-order valence-electron chi connectivity index (χ3n) is 3.04. The van der Waals surface area contributed by atoms with Gasteiger partial charge in [0.2, 0.25) is 0 Å². The van der Waals surface area contributed by atoms with Crippen LogP contribution in [0.1, 0.15) is 31.5 Å².